The van der Waals surface area contributed by atoms with Gasteiger partial charge in [0.1, 0.15) is 6.04 Å². The average Bonchev–Trinajstić information content (AvgIpc) is 2.55. The summed E-state index contributed by atoms with van der Waals surface area (Å²) >= 11 is 0. The van der Waals surface area contributed by atoms with Crippen LogP contribution in [0.4, 0.5) is 5.69 Å². The van der Waals surface area contributed by atoms with E-state index < -0.39 is 6.04 Å². The number of benzene rings is 1. The van der Waals surface area contributed by atoms with Crippen molar-refractivity contribution in [3.05, 3.63) is 29.8 Å². The number of carbonyl (C=O) groups excluding carboxylic acids is 2. The Hall–Kier alpha value is -1.88. The lowest BCUT2D eigenvalue weighted by molar-refractivity contribution is -0.130. The molecule has 2 amide bonds. The lowest BCUT2D eigenvalue weighted by Gasteiger charge is -2.26. The second kappa shape index (κ2) is 8.11. The van der Waals surface area contributed by atoms with Crippen LogP contribution < -0.4 is 16.0 Å². The monoisotopic (exact) mass is 317 g/mol. The second-order valence-electron chi connectivity index (χ2n) is 6.61. The third kappa shape index (κ3) is 5.06. The fourth-order valence-electron chi connectivity index (χ4n) is 2.75. The molecule has 5 nitrogen and oxygen atoms in total. The number of carbonyl (C=O) groups is 2. The van der Waals surface area contributed by atoms with Crippen molar-refractivity contribution in [3.63, 3.8) is 0 Å². The topological polar surface area (TPSA) is 70.2 Å². The van der Waals surface area contributed by atoms with Crippen LogP contribution in [0.3, 0.4) is 0 Å². The lowest BCUT2D eigenvalue weighted by atomic mass is 9.95. The molecular formula is C18H27N3O2. The molecule has 1 aromatic rings. The normalized spacial score (nSPS) is 16.9. The van der Waals surface area contributed by atoms with Crippen molar-refractivity contribution in [2.75, 3.05) is 18.4 Å². The molecule has 5 heteroatoms. The molecule has 1 saturated heterocycles. The fraction of sp³-hybridized carbons (Fsp3) is 0.556. The number of anilines is 1. The number of nitrogens with one attached hydrogen (secondary N) is 3. The van der Waals surface area contributed by atoms with Crippen molar-refractivity contribution in [2.45, 2.75) is 39.7 Å². The first-order valence-electron chi connectivity index (χ1n) is 8.36. The molecular weight excluding hydrogens is 290 g/mol. The quantitative estimate of drug-likeness (QED) is 0.778. The van der Waals surface area contributed by atoms with E-state index in [1.54, 1.807) is 0 Å². The van der Waals surface area contributed by atoms with E-state index in [0.29, 0.717) is 0 Å². The number of aryl methyl sites for hydroxylation is 1. The molecule has 0 saturated carbocycles. The summed E-state index contributed by atoms with van der Waals surface area (Å²) in [7, 11) is 0. The van der Waals surface area contributed by atoms with Gasteiger partial charge in [-0.25, -0.2) is 0 Å². The van der Waals surface area contributed by atoms with E-state index in [1.165, 1.54) is 0 Å². The van der Waals surface area contributed by atoms with Crippen LogP contribution in [0.5, 0.6) is 0 Å². The molecule has 1 aliphatic heterocycles. The molecule has 1 heterocycles. The second-order valence-corrected chi connectivity index (χ2v) is 6.61. The van der Waals surface area contributed by atoms with E-state index in [-0.39, 0.29) is 23.7 Å². The minimum atomic E-state index is -0.515. The largest absolute Gasteiger partial charge is 0.344 e. The van der Waals surface area contributed by atoms with Gasteiger partial charge in [-0.05, 0) is 50.9 Å². The summed E-state index contributed by atoms with van der Waals surface area (Å²) in [6.07, 6.45) is 1.66. The number of hydrogen-bond acceptors (Lipinski definition) is 3. The van der Waals surface area contributed by atoms with Gasteiger partial charge in [0.25, 0.3) is 0 Å². The molecule has 1 fully saturated rings. The van der Waals surface area contributed by atoms with Gasteiger partial charge in [-0.3, -0.25) is 9.59 Å². The van der Waals surface area contributed by atoms with Gasteiger partial charge < -0.3 is 16.0 Å². The Morgan fingerprint density at radius 2 is 1.74 bits per heavy atom. The third-order valence-corrected chi connectivity index (χ3v) is 4.28. The Bertz CT molecular complexity index is 534. The van der Waals surface area contributed by atoms with Crippen LogP contribution in [-0.4, -0.2) is 30.9 Å². The van der Waals surface area contributed by atoms with Crippen LogP contribution >= 0.6 is 0 Å². The van der Waals surface area contributed by atoms with Gasteiger partial charge in [0.15, 0.2) is 0 Å². The summed E-state index contributed by atoms with van der Waals surface area (Å²) in [5, 5.41) is 9.08. The Labute approximate surface area is 138 Å². The number of rotatable bonds is 5. The highest BCUT2D eigenvalue weighted by Crippen LogP contribution is 2.15. The molecule has 0 aliphatic carbocycles. The number of hydrogen-bond donors (Lipinski definition) is 3. The Kier molecular flexibility index (Phi) is 6.16. The van der Waals surface area contributed by atoms with E-state index in [9.17, 15) is 9.59 Å². The predicted octanol–water partition coefficient (Wildman–Crippen LogP) is 2.07. The van der Waals surface area contributed by atoms with E-state index in [2.05, 4.69) is 16.0 Å². The maximum atomic E-state index is 12.5. The Morgan fingerprint density at radius 3 is 2.30 bits per heavy atom. The molecule has 0 radical (unpaired) electrons. The van der Waals surface area contributed by atoms with Crippen molar-refractivity contribution < 1.29 is 9.59 Å². The molecule has 3 N–H and O–H groups in total. The summed E-state index contributed by atoms with van der Waals surface area (Å²) in [5.74, 6) is -0.133. The highest BCUT2D eigenvalue weighted by molar-refractivity contribution is 5.97. The average molecular weight is 317 g/mol. The van der Waals surface area contributed by atoms with Gasteiger partial charge in [0.05, 0.1) is 0 Å². The molecule has 0 bridgehead atoms. The molecule has 0 aromatic heterocycles. The van der Waals surface area contributed by atoms with Crippen LogP contribution in [0.1, 0.15) is 32.3 Å². The van der Waals surface area contributed by atoms with E-state index >= 15 is 0 Å². The van der Waals surface area contributed by atoms with Gasteiger partial charge in [0, 0.05) is 11.6 Å². The van der Waals surface area contributed by atoms with Gasteiger partial charge in [0.2, 0.25) is 11.8 Å². The first-order valence-corrected chi connectivity index (χ1v) is 8.36. The van der Waals surface area contributed by atoms with Crippen molar-refractivity contribution in [1.82, 2.24) is 10.6 Å². The zero-order valence-electron chi connectivity index (χ0n) is 14.2. The van der Waals surface area contributed by atoms with Crippen LogP contribution in [0.25, 0.3) is 0 Å². The van der Waals surface area contributed by atoms with Gasteiger partial charge in [-0.2, -0.15) is 0 Å². The molecule has 2 rings (SSSR count). The summed E-state index contributed by atoms with van der Waals surface area (Å²) < 4.78 is 0. The van der Waals surface area contributed by atoms with E-state index in [1.807, 2.05) is 45.0 Å². The molecule has 1 aliphatic rings. The van der Waals surface area contributed by atoms with Crippen molar-refractivity contribution in [1.29, 1.82) is 0 Å². The van der Waals surface area contributed by atoms with Gasteiger partial charge in [-0.15, -0.1) is 0 Å². The zero-order chi connectivity index (χ0) is 16.8. The maximum absolute atomic E-state index is 12.5. The predicted molar refractivity (Wildman–Crippen MR) is 92.2 cm³/mol. The molecule has 1 aromatic carbocycles. The van der Waals surface area contributed by atoms with Crippen LogP contribution in [0.2, 0.25) is 0 Å². The van der Waals surface area contributed by atoms with Gasteiger partial charge >= 0.3 is 0 Å². The van der Waals surface area contributed by atoms with E-state index in [0.717, 1.165) is 37.2 Å². The fourth-order valence-corrected chi connectivity index (χ4v) is 2.75. The van der Waals surface area contributed by atoms with Crippen LogP contribution in [0.15, 0.2) is 24.3 Å². The SMILES string of the molecule is Cc1ccc(NC(=O)[C@@H](NC(=O)C2CCNCC2)C(C)C)cc1. The maximum Gasteiger partial charge on any atom is 0.247 e. The van der Waals surface area contributed by atoms with E-state index in [4.69, 9.17) is 0 Å². The number of piperidine rings is 1. The van der Waals surface area contributed by atoms with Crippen molar-refractivity contribution in [3.8, 4) is 0 Å². The van der Waals surface area contributed by atoms with Crippen LogP contribution in [-0.2, 0) is 9.59 Å². The molecule has 126 valence electrons. The first kappa shape index (κ1) is 17.5. The Morgan fingerprint density at radius 1 is 1.13 bits per heavy atom. The molecule has 0 unspecified atom stereocenters. The van der Waals surface area contributed by atoms with Crippen LogP contribution in [0, 0.1) is 18.8 Å². The molecule has 1 atom stereocenters. The highest BCUT2D eigenvalue weighted by Gasteiger charge is 2.28. The van der Waals surface area contributed by atoms with Gasteiger partial charge in [-0.1, -0.05) is 31.5 Å². The summed E-state index contributed by atoms with van der Waals surface area (Å²) in [4.78, 5) is 24.9. The summed E-state index contributed by atoms with van der Waals surface area (Å²) in [5.41, 5.74) is 1.89. The third-order valence-electron chi connectivity index (χ3n) is 4.28. The molecule has 23 heavy (non-hydrogen) atoms. The van der Waals surface area contributed by atoms with Crippen molar-refractivity contribution >= 4 is 17.5 Å². The molecule has 0 spiro atoms. The summed E-state index contributed by atoms with van der Waals surface area (Å²) in [6.45, 7) is 7.62. The smallest absolute Gasteiger partial charge is 0.247 e. The number of amides is 2. The first-order chi connectivity index (χ1) is 11.0. The summed E-state index contributed by atoms with van der Waals surface area (Å²) in [6, 6.07) is 7.14. The minimum Gasteiger partial charge on any atom is -0.344 e. The van der Waals surface area contributed by atoms with Crippen molar-refractivity contribution in [2.24, 2.45) is 11.8 Å². The highest BCUT2D eigenvalue weighted by atomic mass is 16.2. The Balaban J connectivity index is 1.97. The lowest BCUT2D eigenvalue weighted by Crippen LogP contribution is -2.50. The minimum absolute atomic E-state index is 0.00433. The standard InChI is InChI=1S/C18H27N3O2/c1-12(2)16(21-17(22)14-8-10-19-11-9-14)18(23)20-15-6-4-13(3)5-7-15/h4-7,12,14,16,19H,8-11H2,1-3H3,(H,20,23)(H,21,22)/t16-/m0/s1. The zero-order valence-corrected chi connectivity index (χ0v) is 14.2.